The minimum absolute atomic E-state index is 0.0715. The molecule has 1 aromatic rings. The van der Waals surface area contributed by atoms with Gasteiger partial charge in [0.1, 0.15) is 0 Å². The fraction of sp³-hybridized carbons (Fsp3) is 0.690. The molecule has 0 spiro atoms. The van der Waals surface area contributed by atoms with Crippen molar-refractivity contribution in [3.8, 4) is 0 Å². The van der Waals surface area contributed by atoms with E-state index in [1.54, 1.807) is 13.8 Å². The van der Waals surface area contributed by atoms with E-state index in [9.17, 15) is 14.4 Å². The number of carbonyl (C=O) groups excluding carboxylic acids is 3. The van der Waals surface area contributed by atoms with E-state index in [4.69, 9.17) is 9.47 Å². The third-order valence-electron chi connectivity index (χ3n) is 6.27. The molecule has 0 saturated carbocycles. The number of ether oxygens (including phenoxy) is 2. The molecule has 0 heterocycles. The smallest absolute Gasteiger partial charge is 0.343 e. The van der Waals surface area contributed by atoms with Crippen molar-refractivity contribution in [3.05, 3.63) is 35.4 Å². The van der Waals surface area contributed by atoms with Crippen LogP contribution >= 0.6 is 0 Å². The molecule has 198 valence electrons. The van der Waals surface area contributed by atoms with E-state index < -0.39 is 23.4 Å². The Balaban J connectivity index is 2.56. The van der Waals surface area contributed by atoms with Crippen molar-refractivity contribution in [2.75, 3.05) is 13.2 Å². The first kappa shape index (κ1) is 30.7. The van der Waals surface area contributed by atoms with Crippen LogP contribution < -0.4 is 5.32 Å². The lowest BCUT2D eigenvalue weighted by atomic mass is 9.90. The Kier molecular flexibility index (Phi) is 15.7. The number of nitrogens with one attached hydrogen (secondary N) is 1. The number of hydrogen-bond donors (Lipinski definition) is 1. The third kappa shape index (κ3) is 11.7. The monoisotopic (exact) mass is 489 g/mol. The van der Waals surface area contributed by atoms with Crippen LogP contribution in [-0.2, 0) is 36.7 Å². The lowest BCUT2D eigenvalue weighted by Gasteiger charge is -2.29. The molecule has 0 aliphatic rings. The van der Waals surface area contributed by atoms with Crippen molar-refractivity contribution < 1.29 is 23.9 Å². The van der Waals surface area contributed by atoms with E-state index in [1.807, 2.05) is 12.1 Å². The topological polar surface area (TPSA) is 81.7 Å². The van der Waals surface area contributed by atoms with Crippen LogP contribution in [0.2, 0.25) is 0 Å². The number of esters is 2. The molecule has 0 atom stereocenters. The number of carbonyl (C=O) groups is 3. The van der Waals surface area contributed by atoms with Gasteiger partial charge in [0.25, 0.3) is 0 Å². The molecule has 0 saturated heterocycles. The fourth-order valence-electron chi connectivity index (χ4n) is 4.28. The van der Waals surface area contributed by atoms with Crippen LogP contribution in [0.15, 0.2) is 24.3 Å². The first-order valence-electron chi connectivity index (χ1n) is 13.6. The summed E-state index contributed by atoms with van der Waals surface area (Å²) in [5.41, 5.74) is 0.435. The van der Waals surface area contributed by atoms with Gasteiger partial charge in [-0.05, 0) is 50.7 Å². The summed E-state index contributed by atoms with van der Waals surface area (Å²) in [5, 5.41) is 2.52. The number of unbranched alkanes of at least 4 members (excludes halogenated alkanes) is 9. The summed E-state index contributed by atoms with van der Waals surface area (Å²) in [4.78, 5) is 37.3. The summed E-state index contributed by atoms with van der Waals surface area (Å²) in [5.74, 6) is -2.06. The molecule has 1 N–H and O–H groups in total. The van der Waals surface area contributed by atoms with Gasteiger partial charge in [-0.2, -0.15) is 0 Å². The molecule has 0 aliphatic heterocycles. The van der Waals surface area contributed by atoms with Crippen LogP contribution in [0.25, 0.3) is 0 Å². The highest BCUT2D eigenvalue weighted by molar-refractivity contribution is 6.07. The number of amides is 1. The van der Waals surface area contributed by atoms with Gasteiger partial charge in [0.2, 0.25) is 11.4 Å². The molecule has 0 fully saturated rings. The van der Waals surface area contributed by atoms with E-state index in [0.29, 0.717) is 6.42 Å². The van der Waals surface area contributed by atoms with Crippen molar-refractivity contribution >= 4 is 17.8 Å². The lowest BCUT2D eigenvalue weighted by Crippen LogP contribution is -2.61. The zero-order valence-corrected chi connectivity index (χ0v) is 22.5. The molecule has 0 radical (unpaired) electrons. The molecule has 6 nitrogen and oxygen atoms in total. The van der Waals surface area contributed by atoms with Crippen LogP contribution in [0, 0.1) is 0 Å². The molecule has 1 rings (SSSR count). The molecule has 35 heavy (non-hydrogen) atoms. The molecular formula is C29H47NO5. The SMILES string of the molecule is CCCCCCCCCCCCc1ccc(CCC(NC(C)=O)(C(=O)OCC)C(=O)OCC)cc1. The summed E-state index contributed by atoms with van der Waals surface area (Å²) in [7, 11) is 0. The Hall–Kier alpha value is -2.37. The summed E-state index contributed by atoms with van der Waals surface area (Å²) < 4.78 is 10.3. The number of rotatable bonds is 19. The van der Waals surface area contributed by atoms with Gasteiger partial charge in [0, 0.05) is 6.92 Å². The highest BCUT2D eigenvalue weighted by Crippen LogP contribution is 2.21. The molecule has 0 unspecified atom stereocenters. The second-order valence-corrected chi connectivity index (χ2v) is 9.28. The van der Waals surface area contributed by atoms with Crippen LogP contribution in [-0.4, -0.2) is 36.6 Å². The van der Waals surface area contributed by atoms with Crippen LogP contribution in [0.1, 0.15) is 109 Å². The first-order chi connectivity index (χ1) is 16.9. The first-order valence-corrected chi connectivity index (χ1v) is 13.6. The van der Waals surface area contributed by atoms with Crippen LogP contribution in [0.3, 0.4) is 0 Å². The van der Waals surface area contributed by atoms with Crippen LogP contribution in [0.4, 0.5) is 0 Å². The zero-order valence-electron chi connectivity index (χ0n) is 22.5. The molecule has 1 aromatic carbocycles. The van der Waals surface area contributed by atoms with Gasteiger partial charge in [0.05, 0.1) is 13.2 Å². The number of benzene rings is 1. The Labute approximate surface area is 212 Å². The molecule has 0 bridgehead atoms. The van der Waals surface area contributed by atoms with Crippen molar-refractivity contribution in [2.45, 2.75) is 117 Å². The van der Waals surface area contributed by atoms with Gasteiger partial charge in [0.15, 0.2) is 0 Å². The number of hydrogen-bond acceptors (Lipinski definition) is 5. The fourth-order valence-corrected chi connectivity index (χ4v) is 4.28. The minimum Gasteiger partial charge on any atom is -0.464 e. The van der Waals surface area contributed by atoms with Crippen molar-refractivity contribution in [2.24, 2.45) is 0 Å². The van der Waals surface area contributed by atoms with E-state index in [0.717, 1.165) is 12.0 Å². The minimum atomic E-state index is -1.84. The maximum atomic E-state index is 12.7. The third-order valence-corrected chi connectivity index (χ3v) is 6.27. The van der Waals surface area contributed by atoms with Crippen LogP contribution in [0.5, 0.6) is 0 Å². The van der Waals surface area contributed by atoms with Gasteiger partial charge >= 0.3 is 11.9 Å². The normalized spacial score (nSPS) is 11.2. The summed E-state index contributed by atoms with van der Waals surface area (Å²) in [6.07, 6.45) is 14.8. The zero-order chi connectivity index (χ0) is 25.9. The predicted molar refractivity (Wildman–Crippen MR) is 140 cm³/mol. The van der Waals surface area contributed by atoms with E-state index in [1.165, 1.54) is 76.7 Å². The summed E-state index contributed by atoms with van der Waals surface area (Å²) in [6, 6.07) is 8.27. The van der Waals surface area contributed by atoms with E-state index in [-0.39, 0.29) is 19.6 Å². The van der Waals surface area contributed by atoms with Gasteiger partial charge < -0.3 is 14.8 Å². The van der Waals surface area contributed by atoms with E-state index >= 15 is 0 Å². The molecule has 1 amide bonds. The van der Waals surface area contributed by atoms with Gasteiger partial charge in [-0.3, -0.25) is 4.79 Å². The van der Waals surface area contributed by atoms with Gasteiger partial charge in [-0.25, -0.2) is 9.59 Å². The average molecular weight is 490 g/mol. The van der Waals surface area contributed by atoms with Gasteiger partial charge in [-0.1, -0.05) is 89.0 Å². The Morgan fingerprint density at radius 3 is 1.54 bits per heavy atom. The standard InChI is InChI=1S/C29H47NO5/c1-5-8-9-10-11-12-13-14-15-16-17-25-18-20-26(21-19-25)22-23-29(30-24(4)31,27(32)34-6-2)28(33)35-7-3/h18-21H,5-17,22-23H2,1-4H3,(H,30,31). The maximum absolute atomic E-state index is 12.7. The van der Waals surface area contributed by atoms with E-state index in [2.05, 4.69) is 24.4 Å². The summed E-state index contributed by atoms with van der Waals surface area (Å²) in [6.45, 7) is 7.06. The molecule has 0 aliphatic carbocycles. The number of aryl methyl sites for hydroxylation is 2. The molecule has 6 heteroatoms. The predicted octanol–water partition coefficient (Wildman–Crippen LogP) is 6.08. The average Bonchev–Trinajstić information content (AvgIpc) is 2.83. The maximum Gasteiger partial charge on any atom is 0.343 e. The summed E-state index contributed by atoms with van der Waals surface area (Å²) >= 11 is 0. The van der Waals surface area contributed by atoms with Crippen molar-refractivity contribution in [3.63, 3.8) is 0 Å². The van der Waals surface area contributed by atoms with Crippen molar-refractivity contribution in [1.82, 2.24) is 5.32 Å². The highest BCUT2D eigenvalue weighted by Gasteiger charge is 2.49. The second-order valence-electron chi connectivity index (χ2n) is 9.28. The second kappa shape index (κ2) is 18.0. The Bertz CT molecular complexity index is 726. The molecular weight excluding hydrogens is 442 g/mol. The quantitative estimate of drug-likeness (QED) is 0.145. The van der Waals surface area contributed by atoms with Crippen molar-refractivity contribution in [1.29, 1.82) is 0 Å². The largest absolute Gasteiger partial charge is 0.464 e. The van der Waals surface area contributed by atoms with Gasteiger partial charge in [-0.15, -0.1) is 0 Å². The Morgan fingerprint density at radius 2 is 1.11 bits per heavy atom. The lowest BCUT2D eigenvalue weighted by molar-refractivity contribution is -0.168. The highest BCUT2D eigenvalue weighted by atomic mass is 16.6. The molecule has 0 aromatic heterocycles. The Morgan fingerprint density at radius 1 is 0.686 bits per heavy atom.